The maximum absolute atomic E-state index is 13.8. The number of benzene rings is 1. The van der Waals surface area contributed by atoms with Crippen molar-refractivity contribution in [3.8, 4) is 11.6 Å². The first kappa shape index (κ1) is 28.4. The molecule has 41 heavy (non-hydrogen) atoms. The standard InChI is InChI=1S/C31H39N5O5/c1-19-10-11-21(28(38)33-22-12-13-22)18-24(19)36-27(32)25(26(37)20-8-6-5-7-9-20)29(34-36)40-23-14-16-35(17-15-23)30(39)41-31(2,3)4/h5-8,10-11,18,20,22-23H,9,12-17,32H2,1-4H3,(H,33,38). The number of nitrogen functional groups attached to an aromatic ring is 1. The third-order valence-corrected chi connectivity index (χ3v) is 7.44. The Morgan fingerprint density at radius 2 is 1.80 bits per heavy atom. The molecular formula is C31H39N5O5. The van der Waals surface area contributed by atoms with Gasteiger partial charge in [-0.1, -0.05) is 30.4 Å². The molecule has 1 aromatic carbocycles. The predicted octanol–water partition coefficient (Wildman–Crippen LogP) is 4.75. The van der Waals surface area contributed by atoms with E-state index in [9.17, 15) is 14.4 Å². The number of carbonyl (C=O) groups is 3. The van der Waals surface area contributed by atoms with Crippen molar-refractivity contribution in [1.29, 1.82) is 0 Å². The van der Waals surface area contributed by atoms with Crippen LogP contribution < -0.4 is 15.8 Å². The van der Waals surface area contributed by atoms with E-state index in [2.05, 4.69) is 5.32 Å². The summed E-state index contributed by atoms with van der Waals surface area (Å²) >= 11 is 0. The van der Waals surface area contributed by atoms with Crippen LogP contribution in [0.5, 0.6) is 5.88 Å². The number of likely N-dealkylation sites (tertiary alicyclic amines) is 1. The Hall–Kier alpha value is -4.08. The van der Waals surface area contributed by atoms with E-state index in [0.29, 0.717) is 43.6 Å². The summed E-state index contributed by atoms with van der Waals surface area (Å²) in [6, 6.07) is 5.60. The molecule has 1 unspecified atom stereocenters. The second kappa shape index (κ2) is 11.4. The van der Waals surface area contributed by atoms with Crippen LogP contribution in [0.4, 0.5) is 10.6 Å². The number of aromatic nitrogens is 2. The van der Waals surface area contributed by atoms with Crippen molar-refractivity contribution in [2.75, 3.05) is 18.8 Å². The fourth-order valence-electron chi connectivity index (χ4n) is 4.98. The second-order valence-corrected chi connectivity index (χ2v) is 12.0. The molecule has 2 heterocycles. The Morgan fingerprint density at radius 1 is 1.07 bits per heavy atom. The number of allylic oxidation sites excluding steroid dienone is 4. The number of ketones is 1. The fourth-order valence-corrected chi connectivity index (χ4v) is 4.98. The summed E-state index contributed by atoms with van der Waals surface area (Å²) in [5, 5.41) is 7.71. The molecule has 1 aliphatic heterocycles. The number of Topliss-reactive ketones (excluding diaryl/α,β-unsaturated/α-hetero) is 1. The van der Waals surface area contributed by atoms with Gasteiger partial charge in [0.2, 0.25) is 5.88 Å². The number of rotatable bonds is 7. The smallest absolute Gasteiger partial charge is 0.410 e. The normalized spacial score (nSPS) is 19.2. The average Bonchev–Trinajstić information content (AvgIpc) is 3.70. The number of amides is 2. The van der Waals surface area contributed by atoms with E-state index < -0.39 is 5.60 Å². The molecule has 1 aromatic heterocycles. The Morgan fingerprint density at radius 3 is 2.44 bits per heavy atom. The number of ether oxygens (including phenoxy) is 2. The van der Waals surface area contributed by atoms with Crippen LogP contribution in [0.1, 0.15) is 79.2 Å². The lowest BCUT2D eigenvalue weighted by Gasteiger charge is -2.33. The van der Waals surface area contributed by atoms with Crippen LogP contribution in [0, 0.1) is 12.8 Å². The van der Waals surface area contributed by atoms with Gasteiger partial charge in [0.1, 0.15) is 23.1 Å². The zero-order valence-corrected chi connectivity index (χ0v) is 24.2. The van der Waals surface area contributed by atoms with Crippen LogP contribution in [-0.2, 0) is 4.74 Å². The van der Waals surface area contributed by atoms with E-state index >= 15 is 0 Å². The Labute approximate surface area is 240 Å². The molecule has 2 fully saturated rings. The van der Waals surface area contributed by atoms with Crippen LogP contribution >= 0.6 is 0 Å². The van der Waals surface area contributed by atoms with Crippen molar-refractivity contribution < 1.29 is 23.9 Å². The molecule has 2 aromatic rings. The van der Waals surface area contributed by atoms with Gasteiger partial charge in [0.15, 0.2) is 5.78 Å². The average molecular weight is 562 g/mol. The highest BCUT2D eigenvalue weighted by Crippen LogP contribution is 2.34. The molecule has 2 aliphatic carbocycles. The van der Waals surface area contributed by atoms with Crippen molar-refractivity contribution in [3.05, 3.63) is 59.2 Å². The molecule has 5 rings (SSSR count). The number of nitrogens with zero attached hydrogens (tertiary/aromatic N) is 3. The molecule has 2 amide bonds. The van der Waals surface area contributed by atoms with Gasteiger partial charge in [0, 0.05) is 43.5 Å². The molecular weight excluding hydrogens is 522 g/mol. The highest BCUT2D eigenvalue weighted by molar-refractivity contribution is 6.05. The van der Waals surface area contributed by atoms with E-state index in [-0.39, 0.29) is 53.1 Å². The number of aryl methyl sites for hydroxylation is 1. The lowest BCUT2D eigenvalue weighted by Crippen LogP contribution is -2.44. The number of nitrogens with one attached hydrogen (secondary N) is 1. The predicted molar refractivity (Wildman–Crippen MR) is 155 cm³/mol. The molecule has 3 N–H and O–H groups in total. The van der Waals surface area contributed by atoms with E-state index in [4.69, 9.17) is 20.3 Å². The number of hydrogen-bond acceptors (Lipinski definition) is 7. The topological polar surface area (TPSA) is 129 Å². The van der Waals surface area contributed by atoms with Gasteiger partial charge in [-0.2, -0.15) is 0 Å². The van der Waals surface area contributed by atoms with Gasteiger partial charge in [0.05, 0.1) is 5.69 Å². The first-order chi connectivity index (χ1) is 19.5. The molecule has 0 bridgehead atoms. The molecule has 0 radical (unpaired) electrons. The van der Waals surface area contributed by atoms with Gasteiger partial charge in [0.25, 0.3) is 5.91 Å². The number of carbonyl (C=O) groups excluding carboxylic acids is 3. The molecule has 218 valence electrons. The Bertz CT molecular complexity index is 1390. The molecule has 3 aliphatic rings. The lowest BCUT2D eigenvalue weighted by molar-refractivity contribution is 0.0122. The third kappa shape index (κ3) is 6.64. The van der Waals surface area contributed by atoms with E-state index in [0.717, 1.165) is 18.4 Å². The highest BCUT2D eigenvalue weighted by Gasteiger charge is 2.33. The first-order valence-electron chi connectivity index (χ1n) is 14.3. The molecule has 1 atom stereocenters. The molecule has 10 nitrogen and oxygen atoms in total. The summed E-state index contributed by atoms with van der Waals surface area (Å²) in [5.41, 5.74) is 8.26. The summed E-state index contributed by atoms with van der Waals surface area (Å²) < 4.78 is 13.4. The first-order valence-corrected chi connectivity index (χ1v) is 14.3. The fraction of sp³-hybridized carbons (Fsp3) is 0.484. The van der Waals surface area contributed by atoms with E-state index in [1.165, 1.54) is 4.68 Å². The van der Waals surface area contributed by atoms with Crippen LogP contribution in [0.25, 0.3) is 5.69 Å². The molecule has 10 heteroatoms. The minimum Gasteiger partial charge on any atom is -0.473 e. The van der Waals surface area contributed by atoms with Crippen molar-refractivity contribution in [3.63, 3.8) is 0 Å². The van der Waals surface area contributed by atoms with Gasteiger partial charge in [-0.05, 0) is 64.7 Å². The van der Waals surface area contributed by atoms with Gasteiger partial charge in [-0.3, -0.25) is 9.59 Å². The SMILES string of the molecule is Cc1ccc(C(=O)NC2CC2)cc1-n1nc(OC2CCN(C(=O)OC(C)(C)C)CC2)c(C(=O)C2C=CC=CC2)c1N. The van der Waals surface area contributed by atoms with Crippen molar-refractivity contribution in [1.82, 2.24) is 20.0 Å². The van der Waals surface area contributed by atoms with Crippen LogP contribution in [0.3, 0.4) is 0 Å². The van der Waals surface area contributed by atoms with Gasteiger partial charge in [-0.25, -0.2) is 9.48 Å². The number of nitrogens with two attached hydrogens (primary N) is 1. The van der Waals surface area contributed by atoms with Crippen LogP contribution in [0.2, 0.25) is 0 Å². The van der Waals surface area contributed by atoms with Gasteiger partial charge >= 0.3 is 6.09 Å². The minimum absolute atomic E-state index is 0.150. The molecule has 1 saturated heterocycles. The van der Waals surface area contributed by atoms with Crippen LogP contribution in [-0.4, -0.2) is 63.3 Å². The van der Waals surface area contributed by atoms with Crippen molar-refractivity contribution in [2.45, 2.75) is 77.5 Å². The quantitative estimate of drug-likeness (QED) is 0.467. The zero-order valence-electron chi connectivity index (χ0n) is 24.2. The van der Waals surface area contributed by atoms with Gasteiger partial charge < -0.3 is 25.4 Å². The lowest BCUT2D eigenvalue weighted by atomic mass is 9.92. The molecule has 1 saturated carbocycles. The Kier molecular flexibility index (Phi) is 7.93. The minimum atomic E-state index is -0.569. The number of hydrogen-bond donors (Lipinski definition) is 2. The highest BCUT2D eigenvalue weighted by atomic mass is 16.6. The maximum atomic E-state index is 13.8. The summed E-state index contributed by atoms with van der Waals surface area (Å²) in [6.45, 7) is 8.36. The molecule has 0 spiro atoms. The van der Waals surface area contributed by atoms with Crippen molar-refractivity contribution in [2.24, 2.45) is 5.92 Å². The third-order valence-electron chi connectivity index (χ3n) is 7.44. The van der Waals surface area contributed by atoms with Crippen molar-refractivity contribution >= 4 is 23.6 Å². The summed E-state index contributed by atoms with van der Waals surface area (Å²) in [7, 11) is 0. The Balaban J connectivity index is 1.42. The van der Waals surface area contributed by atoms with E-state index in [1.54, 1.807) is 17.0 Å². The van der Waals surface area contributed by atoms with E-state index in [1.807, 2.05) is 58.1 Å². The maximum Gasteiger partial charge on any atom is 0.410 e. The monoisotopic (exact) mass is 561 g/mol. The van der Waals surface area contributed by atoms with Crippen LogP contribution in [0.15, 0.2) is 42.5 Å². The van der Waals surface area contributed by atoms with Gasteiger partial charge in [-0.15, -0.1) is 5.10 Å². The largest absolute Gasteiger partial charge is 0.473 e. The number of anilines is 1. The summed E-state index contributed by atoms with van der Waals surface area (Å²) in [4.78, 5) is 40.7. The summed E-state index contributed by atoms with van der Waals surface area (Å²) in [5.74, 6) is -0.368. The summed E-state index contributed by atoms with van der Waals surface area (Å²) in [6.07, 6.45) is 10.6. The zero-order chi connectivity index (χ0) is 29.3. The number of piperidine rings is 1. The second-order valence-electron chi connectivity index (χ2n) is 12.0.